The number of nitrogens with one attached hydrogen (secondary N) is 1. The van der Waals surface area contributed by atoms with Crippen molar-refractivity contribution in [2.45, 2.75) is 113 Å². The van der Waals surface area contributed by atoms with E-state index in [1.54, 1.807) is 18.9 Å². The Kier molecular flexibility index (Phi) is 25.3. The summed E-state index contributed by atoms with van der Waals surface area (Å²) < 4.78 is 5.05. The highest BCUT2D eigenvalue weighted by Crippen LogP contribution is 2.30. The first-order valence-electron chi connectivity index (χ1n) is 17.6. The quantitative estimate of drug-likeness (QED) is 0.198. The number of ether oxygens (including phenoxy) is 1. The van der Waals surface area contributed by atoms with Gasteiger partial charge < -0.3 is 15.2 Å². The number of likely N-dealkylation sites (tertiary alicyclic amines) is 1. The van der Waals surface area contributed by atoms with E-state index in [4.69, 9.17) is 4.74 Å². The second-order valence-corrected chi connectivity index (χ2v) is 12.8. The number of carbonyl (C=O) groups is 2. The van der Waals surface area contributed by atoms with E-state index in [2.05, 4.69) is 50.9 Å². The summed E-state index contributed by atoms with van der Waals surface area (Å²) in [5.74, 6) is 0.900. The van der Waals surface area contributed by atoms with Crippen molar-refractivity contribution in [3.63, 3.8) is 0 Å². The number of aliphatic carboxylic acids is 1. The van der Waals surface area contributed by atoms with E-state index < -0.39 is 12.0 Å². The first kappa shape index (κ1) is 43.6. The van der Waals surface area contributed by atoms with Crippen molar-refractivity contribution in [2.75, 3.05) is 38.8 Å². The van der Waals surface area contributed by atoms with E-state index in [0.29, 0.717) is 17.7 Å². The van der Waals surface area contributed by atoms with Gasteiger partial charge >= 0.3 is 5.97 Å². The first-order valence-corrected chi connectivity index (χ1v) is 19.0. The number of hydrogen-bond donors (Lipinski definition) is 2. The standard InChI is InChI=1S/C26H34N2O3S.C8H18O.C3H8.C2H6/c1-4-19-11-13-28(16-19)17-20-9-10-22(23(15-20)21-8-6-5-7-18(21)2)25(29)27-24(26(30)31)12-14-32-3;1-4-6-8(5-2)7-9-3;1-3-2;1-2/h5-10,15,19,24H,4,11-14,16-17H2,1-3H3,(H,27,29)(H,30,31);8H,4-7H2,1-3H3;3H2,1-2H3;1-2H3. The van der Waals surface area contributed by atoms with E-state index in [9.17, 15) is 14.7 Å². The van der Waals surface area contributed by atoms with Gasteiger partial charge in [0, 0.05) is 32.4 Å². The molecule has 0 radical (unpaired) electrons. The molecule has 7 heteroatoms. The highest BCUT2D eigenvalue weighted by Gasteiger charge is 2.24. The van der Waals surface area contributed by atoms with Gasteiger partial charge in [-0.1, -0.05) is 104 Å². The molecule has 6 nitrogen and oxygen atoms in total. The largest absolute Gasteiger partial charge is 0.480 e. The van der Waals surface area contributed by atoms with Crippen LogP contribution in [0.2, 0.25) is 0 Å². The fourth-order valence-electron chi connectivity index (χ4n) is 5.41. The molecular formula is C39H66N2O4S. The molecule has 0 aliphatic carbocycles. The maximum Gasteiger partial charge on any atom is 0.326 e. The number of benzene rings is 2. The van der Waals surface area contributed by atoms with Crippen molar-refractivity contribution in [1.82, 2.24) is 10.2 Å². The van der Waals surface area contributed by atoms with Gasteiger partial charge in [-0.3, -0.25) is 9.69 Å². The molecular weight excluding hydrogens is 593 g/mol. The fourth-order valence-corrected chi connectivity index (χ4v) is 5.88. The number of carboxylic acids is 1. The Labute approximate surface area is 286 Å². The molecule has 3 rings (SSSR count). The maximum atomic E-state index is 13.2. The van der Waals surface area contributed by atoms with Crippen LogP contribution in [0, 0.1) is 18.8 Å². The second kappa shape index (κ2) is 26.7. The summed E-state index contributed by atoms with van der Waals surface area (Å²) in [6, 6.07) is 13.1. The van der Waals surface area contributed by atoms with Crippen LogP contribution >= 0.6 is 11.8 Å². The summed E-state index contributed by atoms with van der Waals surface area (Å²) in [7, 11) is 1.78. The van der Waals surface area contributed by atoms with Crippen LogP contribution in [0.25, 0.3) is 11.1 Å². The molecule has 1 heterocycles. The Balaban J connectivity index is 0.00000122. The molecule has 2 aromatic carbocycles. The van der Waals surface area contributed by atoms with Gasteiger partial charge in [-0.15, -0.1) is 0 Å². The molecule has 1 saturated heterocycles. The molecule has 0 saturated carbocycles. The normalized spacial score (nSPS) is 15.2. The SMILES string of the molecule is CC.CCC.CCC1CCN(Cc2ccc(C(=O)NC(CCSC)C(=O)O)c(-c3ccccc3C)c2)C1.CCCC(CC)COC. The van der Waals surface area contributed by atoms with Crippen LogP contribution in [0.3, 0.4) is 0 Å². The van der Waals surface area contributed by atoms with Crippen LogP contribution in [0.5, 0.6) is 0 Å². The summed E-state index contributed by atoms with van der Waals surface area (Å²) in [5, 5.41) is 12.3. The van der Waals surface area contributed by atoms with Crippen LogP contribution in [-0.2, 0) is 16.1 Å². The van der Waals surface area contributed by atoms with Crippen molar-refractivity contribution in [3.05, 3.63) is 59.2 Å². The monoisotopic (exact) mass is 658 g/mol. The summed E-state index contributed by atoms with van der Waals surface area (Å²) >= 11 is 1.57. The molecule has 1 fully saturated rings. The highest BCUT2D eigenvalue weighted by molar-refractivity contribution is 7.98. The summed E-state index contributed by atoms with van der Waals surface area (Å²) in [6.07, 6.45) is 9.87. The van der Waals surface area contributed by atoms with Crippen molar-refractivity contribution in [1.29, 1.82) is 0 Å². The number of methoxy groups -OCH3 is 1. The molecule has 262 valence electrons. The van der Waals surface area contributed by atoms with Gasteiger partial charge in [0.05, 0.1) is 0 Å². The molecule has 2 N–H and O–H groups in total. The van der Waals surface area contributed by atoms with Crippen molar-refractivity contribution < 1.29 is 19.4 Å². The van der Waals surface area contributed by atoms with Crippen LogP contribution in [0.15, 0.2) is 42.5 Å². The van der Waals surface area contributed by atoms with Gasteiger partial charge in [0.2, 0.25) is 0 Å². The lowest BCUT2D eigenvalue weighted by molar-refractivity contribution is -0.139. The molecule has 1 aliphatic heterocycles. The number of aryl methyl sites for hydroxylation is 1. The predicted octanol–water partition coefficient (Wildman–Crippen LogP) is 9.73. The maximum absolute atomic E-state index is 13.2. The minimum absolute atomic E-state index is 0.337. The van der Waals surface area contributed by atoms with Gasteiger partial charge in [-0.2, -0.15) is 11.8 Å². The number of rotatable bonds is 15. The average molecular weight is 659 g/mol. The third-order valence-corrected chi connectivity index (χ3v) is 8.65. The van der Waals surface area contributed by atoms with E-state index in [1.807, 2.05) is 63.4 Å². The molecule has 3 atom stereocenters. The Morgan fingerprint density at radius 2 is 1.72 bits per heavy atom. The number of amides is 1. The third kappa shape index (κ3) is 16.5. The van der Waals surface area contributed by atoms with Crippen LogP contribution in [0.1, 0.15) is 115 Å². The molecule has 2 aromatic rings. The number of carbonyl (C=O) groups excluding carboxylic acids is 1. The fraction of sp³-hybridized carbons (Fsp3) is 0.641. The molecule has 0 bridgehead atoms. The topological polar surface area (TPSA) is 78.9 Å². The zero-order valence-electron chi connectivity index (χ0n) is 30.8. The van der Waals surface area contributed by atoms with Gasteiger partial charge in [0.15, 0.2) is 0 Å². The number of hydrogen-bond acceptors (Lipinski definition) is 5. The lowest BCUT2D eigenvalue weighted by Crippen LogP contribution is -2.41. The van der Waals surface area contributed by atoms with Crippen LogP contribution in [-0.4, -0.2) is 66.7 Å². The van der Waals surface area contributed by atoms with Crippen LogP contribution < -0.4 is 5.32 Å². The van der Waals surface area contributed by atoms with E-state index in [1.165, 1.54) is 44.1 Å². The lowest BCUT2D eigenvalue weighted by Gasteiger charge is -2.20. The highest BCUT2D eigenvalue weighted by atomic mass is 32.2. The van der Waals surface area contributed by atoms with Crippen molar-refractivity contribution >= 4 is 23.6 Å². The summed E-state index contributed by atoms with van der Waals surface area (Å²) in [5.41, 5.74) is 4.64. The zero-order valence-corrected chi connectivity index (χ0v) is 31.6. The van der Waals surface area contributed by atoms with Crippen molar-refractivity contribution in [2.24, 2.45) is 11.8 Å². The van der Waals surface area contributed by atoms with Crippen molar-refractivity contribution in [3.8, 4) is 11.1 Å². The molecule has 1 amide bonds. The summed E-state index contributed by atoms with van der Waals surface area (Å²) in [6.45, 7) is 21.0. The van der Waals surface area contributed by atoms with E-state index in [0.717, 1.165) is 54.8 Å². The Morgan fingerprint density at radius 1 is 1.04 bits per heavy atom. The minimum atomic E-state index is -0.999. The molecule has 46 heavy (non-hydrogen) atoms. The van der Waals surface area contributed by atoms with Gasteiger partial charge in [0.1, 0.15) is 6.04 Å². The summed E-state index contributed by atoms with van der Waals surface area (Å²) in [4.78, 5) is 27.3. The van der Waals surface area contributed by atoms with E-state index in [-0.39, 0.29) is 5.91 Å². The number of thioether (sulfide) groups is 1. The third-order valence-electron chi connectivity index (χ3n) is 8.01. The Morgan fingerprint density at radius 3 is 2.24 bits per heavy atom. The zero-order chi connectivity index (χ0) is 34.9. The van der Waals surface area contributed by atoms with Crippen LogP contribution in [0.4, 0.5) is 0 Å². The Bertz CT molecular complexity index is 1090. The Hall–Kier alpha value is -2.35. The van der Waals surface area contributed by atoms with E-state index >= 15 is 0 Å². The first-order chi connectivity index (χ1) is 22.2. The minimum Gasteiger partial charge on any atom is -0.480 e. The van der Waals surface area contributed by atoms with Gasteiger partial charge in [0.25, 0.3) is 5.91 Å². The number of nitrogens with zero attached hydrogens (tertiary/aromatic N) is 1. The average Bonchev–Trinajstić information content (AvgIpc) is 3.52. The number of carboxylic acid groups (broad SMARTS) is 1. The molecule has 3 unspecified atom stereocenters. The smallest absolute Gasteiger partial charge is 0.326 e. The van der Waals surface area contributed by atoms with Gasteiger partial charge in [-0.25, -0.2) is 4.79 Å². The predicted molar refractivity (Wildman–Crippen MR) is 200 cm³/mol. The van der Waals surface area contributed by atoms with Gasteiger partial charge in [-0.05, 0) is 91.0 Å². The molecule has 0 spiro atoms. The molecule has 1 aliphatic rings. The lowest BCUT2D eigenvalue weighted by atomic mass is 9.93. The second-order valence-electron chi connectivity index (χ2n) is 11.9. The molecule has 0 aromatic heterocycles.